The first-order valence-electron chi connectivity index (χ1n) is 11.0. The van der Waals surface area contributed by atoms with Crippen LogP contribution in [0, 0.1) is 23.0 Å². The van der Waals surface area contributed by atoms with Gasteiger partial charge in [-0.1, -0.05) is 6.07 Å². The SMILES string of the molecule is CS(=O)(=O)c1cc(-c2ccc(-c3cc(C(F)(F)F)c(C#N)c(=O)n3Cc3ccc(F)cc3F)s2)cc(C(F)(F)F)n1. The molecule has 0 saturated heterocycles. The van der Waals surface area contributed by atoms with E-state index in [9.17, 15) is 53.6 Å². The first-order chi connectivity index (χ1) is 18.9. The van der Waals surface area contributed by atoms with Crippen molar-refractivity contribution >= 4 is 21.2 Å². The Hall–Kier alpha value is -4.10. The van der Waals surface area contributed by atoms with Crippen molar-refractivity contribution in [2.75, 3.05) is 6.26 Å². The Balaban J connectivity index is 1.97. The Labute approximate surface area is 229 Å². The lowest BCUT2D eigenvalue weighted by atomic mass is 10.1. The number of nitrogens with zero attached hydrogens (tertiary/aromatic N) is 3. The van der Waals surface area contributed by atoms with E-state index in [4.69, 9.17) is 0 Å². The van der Waals surface area contributed by atoms with Crippen LogP contribution in [0.1, 0.15) is 22.4 Å². The van der Waals surface area contributed by atoms with Crippen molar-refractivity contribution in [3.05, 3.63) is 92.9 Å². The van der Waals surface area contributed by atoms with Crippen LogP contribution in [-0.4, -0.2) is 24.2 Å². The van der Waals surface area contributed by atoms with Gasteiger partial charge in [-0.3, -0.25) is 4.79 Å². The molecule has 0 fully saturated rings. The van der Waals surface area contributed by atoms with Crippen LogP contribution >= 0.6 is 11.3 Å². The first-order valence-corrected chi connectivity index (χ1v) is 13.7. The summed E-state index contributed by atoms with van der Waals surface area (Å²) in [5.41, 5.74) is -6.94. The number of thiophene rings is 1. The molecule has 4 rings (SSSR count). The molecule has 41 heavy (non-hydrogen) atoms. The maximum atomic E-state index is 14.4. The summed E-state index contributed by atoms with van der Waals surface area (Å²) in [6.45, 7) is -0.730. The number of halogens is 8. The predicted octanol–water partition coefficient (Wildman–Crippen LogP) is 6.28. The molecule has 16 heteroatoms. The highest BCUT2D eigenvalue weighted by Crippen LogP contribution is 2.40. The third-order valence-corrected chi connectivity index (χ3v) is 7.80. The summed E-state index contributed by atoms with van der Waals surface area (Å²) in [6.07, 6.45) is -9.57. The molecule has 0 aliphatic heterocycles. The van der Waals surface area contributed by atoms with E-state index in [1.807, 2.05) is 0 Å². The fourth-order valence-electron chi connectivity index (χ4n) is 3.77. The molecular weight excluding hydrogens is 606 g/mol. The monoisotopic (exact) mass is 619 g/mol. The van der Waals surface area contributed by atoms with Crippen LogP contribution in [0.3, 0.4) is 0 Å². The molecule has 6 nitrogen and oxygen atoms in total. The average Bonchev–Trinajstić information content (AvgIpc) is 3.34. The summed E-state index contributed by atoms with van der Waals surface area (Å²) < 4.78 is 134. The molecule has 0 radical (unpaired) electrons. The molecule has 0 spiro atoms. The number of pyridine rings is 2. The smallest absolute Gasteiger partial charge is 0.302 e. The van der Waals surface area contributed by atoms with E-state index in [1.165, 1.54) is 12.1 Å². The molecule has 0 amide bonds. The normalized spacial score (nSPS) is 12.4. The zero-order chi connectivity index (χ0) is 30.5. The van der Waals surface area contributed by atoms with Crippen molar-refractivity contribution in [2.45, 2.75) is 23.9 Å². The molecule has 0 N–H and O–H groups in total. The van der Waals surface area contributed by atoms with Crippen LogP contribution in [0.5, 0.6) is 0 Å². The van der Waals surface area contributed by atoms with Gasteiger partial charge in [0.25, 0.3) is 5.56 Å². The highest BCUT2D eigenvalue weighted by molar-refractivity contribution is 7.90. The molecule has 0 aliphatic rings. The number of alkyl halides is 6. The molecule has 0 atom stereocenters. The van der Waals surface area contributed by atoms with Crippen molar-refractivity contribution in [1.29, 1.82) is 5.26 Å². The number of nitriles is 1. The summed E-state index contributed by atoms with van der Waals surface area (Å²) in [5.74, 6) is -2.09. The van der Waals surface area contributed by atoms with Gasteiger partial charge in [0.2, 0.25) is 0 Å². The molecule has 0 saturated carbocycles. The van der Waals surface area contributed by atoms with E-state index in [0.29, 0.717) is 40.4 Å². The summed E-state index contributed by atoms with van der Waals surface area (Å²) >= 11 is 0.597. The van der Waals surface area contributed by atoms with Gasteiger partial charge in [0.15, 0.2) is 14.9 Å². The van der Waals surface area contributed by atoms with Crippen molar-refractivity contribution in [2.24, 2.45) is 0 Å². The van der Waals surface area contributed by atoms with Gasteiger partial charge in [0.1, 0.15) is 29.0 Å². The maximum Gasteiger partial charge on any atom is 0.433 e. The minimum atomic E-state index is -5.17. The second-order valence-electron chi connectivity index (χ2n) is 8.57. The van der Waals surface area contributed by atoms with Crippen LogP contribution in [-0.2, 0) is 28.7 Å². The zero-order valence-electron chi connectivity index (χ0n) is 20.2. The Morgan fingerprint density at radius 1 is 0.951 bits per heavy atom. The van der Waals surface area contributed by atoms with Crippen LogP contribution in [0.25, 0.3) is 21.0 Å². The van der Waals surface area contributed by atoms with E-state index in [1.54, 1.807) is 0 Å². The molecule has 214 valence electrons. The predicted molar refractivity (Wildman–Crippen MR) is 131 cm³/mol. The topological polar surface area (TPSA) is 92.8 Å². The lowest BCUT2D eigenvalue weighted by Crippen LogP contribution is -2.28. The van der Waals surface area contributed by atoms with E-state index in [-0.39, 0.29) is 20.9 Å². The summed E-state index contributed by atoms with van der Waals surface area (Å²) in [7, 11) is -4.21. The Morgan fingerprint density at radius 2 is 1.61 bits per heavy atom. The largest absolute Gasteiger partial charge is 0.433 e. The number of sulfone groups is 1. The van der Waals surface area contributed by atoms with E-state index >= 15 is 0 Å². The van der Waals surface area contributed by atoms with Crippen LogP contribution in [0.2, 0.25) is 0 Å². The fourth-order valence-corrected chi connectivity index (χ4v) is 5.40. The van der Waals surface area contributed by atoms with Gasteiger partial charge in [-0.05, 0) is 42.0 Å². The van der Waals surface area contributed by atoms with Gasteiger partial charge in [-0.2, -0.15) is 31.6 Å². The van der Waals surface area contributed by atoms with Crippen molar-refractivity contribution in [3.8, 4) is 27.1 Å². The number of hydrogen-bond acceptors (Lipinski definition) is 6. The molecule has 0 unspecified atom stereocenters. The van der Waals surface area contributed by atoms with E-state index in [2.05, 4.69) is 4.98 Å². The highest BCUT2D eigenvalue weighted by Gasteiger charge is 2.37. The number of benzene rings is 1. The molecule has 3 aromatic heterocycles. The average molecular weight is 620 g/mol. The summed E-state index contributed by atoms with van der Waals surface area (Å²) in [4.78, 5) is 16.1. The van der Waals surface area contributed by atoms with Crippen LogP contribution in [0.4, 0.5) is 35.1 Å². The third-order valence-electron chi connectivity index (χ3n) is 5.68. The minimum Gasteiger partial charge on any atom is -0.302 e. The van der Waals surface area contributed by atoms with Crippen molar-refractivity contribution in [1.82, 2.24) is 9.55 Å². The fraction of sp³-hybridized carbons (Fsp3) is 0.160. The second-order valence-corrected chi connectivity index (χ2v) is 11.6. The van der Waals surface area contributed by atoms with Crippen molar-refractivity contribution < 1.29 is 43.5 Å². The zero-order valence-corrected chi connectivity index (χ0v) is 21.9. The standard InChI is InChI=1S/C25H13F8N3O3S2/c1-41(38,39)22-7-13(6-21(35-22)25(31,32)33)19-4-5-20(40-19)18-9-16(24(28,29)30)15(10-34)23(37)36(18)11-12-2-3-14(26)8-17(12)27/h2-9H,11H2,1H3. The van der Waals surface area contributed by atoms with Gasteiger partial charge >= 0.3 is 12.4 Å². The number of hydrogen-bond donors (Lipinski definition) is 0. The first kappa shape index (κ1) is 29.9. The molecule has 3 heterocycles. The van der Waals surface area contributed by atoms with Gasteiger partial charge in [-0.25, -0.2) is 22.2 Å². The summed E-state index contributed by atoms with van der Waals surface area (Å²) in [5, 5.41) is 8.41. The lowest BCUT2D eigenvalue weighted by molar-refractivity contribution is -0.141. The second kappa shape index (κ2) is 10.4. The minimum absolute atomic E-state index is 0.0392. The summed E-state index contributed by atoms with van der Waals surface area (Å²) in [6, 6.07) is 7.68. The molecule has 0 aliphatic carbocycles. The van der Waals surface area contributed by atoms with Gasteiger partial charge < -0.3 is 4.57 Å². The maximum absolute atomic E-state index is 14.4. The Morgan fingerprint density at radius 3 is 2.17 bits per heavy atom. The van der Waals surface area contributed by atoms with Gasteiger partial charge in [0.05, 0.1) is 22.7 Å². The Kier molecular flexibility index (Phi) is 7.56. The molecular formula is C25H13F8N3O3S2. The van der Waals surface area contributed by atoms with E-state index < -0.39 is 73.5 Å². The molecule has 0 bridgehead atoms. The lowest BCUT2D eigenvalue weighted by Gasteiger charge is -2.17. The number of aromatic nitrogens is 2. The Bertz CT molecular complexity index is 1890. The molecule has 1 aromatic carbocycles. The number of rotatable bonds is 5. The van der Waals surface area contributed by atoms with Crippen molar-refractivity contribution in [3.63, 3.8) is 0 Å². The highest BCUT2D eigenvalue weighted by atomic mass is 32.2. The quantitative estimate of drug-likeness (QED) is 0.245. The van der Waals surface area contributed by atoms with Gasteiger partial charge in [0, 0.05) is 22.8 Å². The van der Waals surface area contributed by atoms with Gasteiger partial charge in [-0.15, -0.1) is 11.3 Å². The third kappa shape index (κ3) is 6.15. The molecule has 4 aromatic rings. The van der Waals surface area contributed by atoms with E-state index in [0.717, 1.165) is 24.3 Å². The van der Waals surface area contributed by atoms with Crippen LogP contribution < -0.4 is 5.56 Å². The van der Waals surface area contributed by atoms with Crippen LogP contribution in [0.15, 0.2) is 58.4 Å².